The van der Waals surface area contributed by atoms with Crippen molar-refractivity contribution in [3.05, 3.63) is 0 Å². The highest BCUT2D eigenvalue weighted by atomic mass is 35.5. The zero-order valence-corrected chi connectivity index (χ0v) is 6.56. The first-order valence-corrected chi connectivity index (χ1v) is 3.32. The van der Waals surface area contributed by atoms with Crippen molar-refractivity contribution in [3.63, 3.8) is 0 Å². The summed E-state index contributed by atoms with van der Waals surface area (Å²) in [6.07, 6.45) is 4.79. The molecule has 4 heteroatoms. The molecule has 0 heterocycles. The number of carbonyl (C=O) groups excluding carboxylic acids is 2. The zero-order valence-electron chi connectivity index (χ0n) is 5.80. The summed E-state index contributed by atoms with van der Waals surface area (Å²) < 4.78 is 4.46. The number of carbonyl (C=O) groups is 2. The molecular weight excluding hydrogens is 168 g/mol. The van der Waals surface area contributed by atoms with Gasteiger partial charge in [-0.3, -0.25) is 9.59 Å². The fraction of sp³-hybridized carbons (Fsp3) is 0.429. The summed E-state index contributed by atoms with van der Waals surface area (Å²) >= 11 is 4.97. The maximum absolute atomic E-state index is 10.6. The van der Waals surface area contributed by atoms with Crippen molar-refractivity contribution in [1.82, 2.24) is 0 Å². The van der Waals surface area contributed by atoms with Gasteiger partial charge in [-0.1, -0.05) is 5.92 Å². The van der Waals surface area contributed by atoms with E-state index in [1.54, 1.807) is 0 Å². The molecule has 0 fully saturated rings. The van der Waals surface area contributed by atoms with Gasteiger partial charge in [0.2, 0.25) is 5.24 Å². The van der Waals surface area contributed by atoms with E-state index in [1.165, 1.54) is 0 Å². The number of hydrogen-bond donors (Lipinski definition) is 0. The van der Waals surface area contributed by atoms with E-state index < -0.39 is 11.2 Å². The van der Waals surface area contributed by atoms with Gasteiger partial charge in [-0.05, 0) is 11.6 Å². The van der Waals surface area contributed by atoms with Gasteiger partial charge >= 0.3 is 5.97 Å². The largest absolute Gasteiger partial charge is 0.452 e. The van der Waals surface area contributed by atoms with Gasteiger partial charge in [-0.25, -0.2) is 0 Å². The predicted octanol–water partition coefficient (Wildman–Crippen LogP) is 0.708. The molecule has 0 aliphatic carbocycles. The molecule has 0 aromatic rings. The predicted molar refractivity (Wildman–Crippen MR) is 39.9 cm³/mol. The lowest BCUT2D eigenvalue weighted by molar-refractivity contribution is -0.142. The van der Waals surface area contributed by atoms with Gasteiger partial charge in [0.1, 0.15) is 0 Å². The molecule has 0 rings (SSSR count). The zero-order chi connectivity index (χ0) is 8.69. The number of terminal acetylenes is 1. The van der Waals surface area contributed by atoms with Crippen molar-refractivity contribution in [2.45, 2.75) is 12.8 Å². The summed E-state index contributed by atoms with van der Waals surface area (Å²) in [5.41, 5.74) is 0. The Bertz CT molecular complexity index is 192. The van der Waals surface area contributed by atoms with Crippen molar-refractivity contribution in [2.24, 2.45) is 0 Å². The minimum absolute atomic E-state index is 0.00897. The highest BCUT2D eigenvalue weighted by Gasteiger charge is 2.04. The smallest absolute Gasteiger partial charge is 0.307 e. The quantitative estimate of drug-likeness (QED) is 0.358. The first-order valence-electron chi connectivity index (χ1n) is 2.94. The molecule has 0 saturated heterocycles. The van der Waals surface area contributed by atoms with Crippen LogP contribution in [0.2, 0.25) is 0 Å². The van der Waals surface area contributed by atoms with Gasteiger partial charge in [0.05, 0.1) is 6.42 Å². The molecule has 11 heavy (non-hydrogen) atoms. The van der Waals surface area contributed by atoms with E-state index in [1.807, 2.05) is 0 Å². The lowest BCUT2D eigenvalue weighted by Gasteiger charge is -1.96. The Balaban J connectivity index is 3.39. The molecule has 0 aromatic heterocycles. The average Bonchev–Trinajstić information content (AvgIpc) is 1.97. The van der Waals surface area contributed by atoms with E-state index in [4.69, 9.17) is 18.0 Å². The molecule has 0 bridgehead atoms. The van der Waals surface area contributed by atoms with Crippen molar-refractivity contribution in [1.29, 1.82) is 0 Å². The Morgan fingerprint density at radius 3 is 2.55 bits per heavy atom. The van der Waals surface area contributed by atoms with Gasteiger partial charge in [-0.15, -0.1) is 6.42 Å². The van der Waals surface area contributed by atoms with Crippen LogP contribution in [0.4, 0.5) is 0 Å². The van der Waals surface area contributed by atoms with Crippen LogP contribution in [0.3, 0.4) is 0 Å². The van der Waals surface area contributed by atoms with Crippen LogP contribution in [0, 0.1) is 12.3 Å². The fourth-order valence-corrected chi connectivity index (χ4v) is 0.489. The van der Waals surface area contributed by atoms with E-state index in [0.717, 1.165) is 0 Å². The Morgan fingerprint density at radius 1 is 1.45 bits per heavy atom. The van der Waals surface area contributed by atoms with Crippen LogP contribution < -0.4 is 0 Å². The summed E-state index contributed by atoms with van der Waals surface area (Å²) in [4.78, 5) is 20.7. The Labute approximate surface area is 69.7 Å². The van der Waals surface area contributed by atoms with Crippen molar-refractivity contribution >= 4 is 22.8 Å². The minimum Gasteiger partial charge on any atom is -0.452 e. The van der Waals surface area contributed by atoms with Gasteiger partial charge < -0.3 is 4.74 Å². The third-order valence-corrected chi connectivity index (χ3v) is 1.03. The lowest BCUT2D eigenvalue weighted by Crippen LogP contribution is -2.05. The molecular formula is C7H7ClO3. The summed E-state index contributed by atoms with van der Waals surface area (Å²) in [7, 11) is 0. The number of esters is 1. The van der Waals surface area contributed by atoms with Crippen LogP contribution >= 0.6 is 11.6 Å². The van der Waals surface area contributed by atoms with Gasteiger partial charge in [0.25, 0.3) is 0 Å². The lowest BCUT2D eigenvalue weighted by atomic mass is 10.3. The van der Waals surface area contributed by atoms with Crippen molar-refractivity contribution < 1.29 is 14.3 Å². The molecule has 0 spiro atoms. The number of hydrogen-bond acceptors (Lipinski definition) is 3. The second kappa shape index (κ2) is 5.75. The molecule has 0 aliphatic rings. The summed E-state index contributed by atoms with van der Waals surface area (Å²) in [6, 6.07) is 0. The van der Waals surface area contributed by atoms with Crippen molar-refractivity contribution in [2.75, 3.05) is 6.61 Å². The monoisotopic (exact) mass is 174 g/mol. The van der Waals surface area contributed by atoms with Crippen LogP contribution in [0.25, 0.3) is 0 Å². The SMILES string of the molecule is C#CCOC(=O)CCC(=O)Cl. The molecule has 60 valence electrons. The first-order chi connectivity index (χ1) is 5.16. The van der Waals surface area contributed by atoms with Gasteiger partial charge in [0, 0.05) is 6.42 Å². The van der Waals surface area contributed by atoms with Gasteiger partial charge in [-0.2, -0.15) is 0 Å². The molecule has 0 N–H and O–H groups in total. The van der Waals surface area contributed by atoms with E-state index in [0.29, 0.717) is 0 Å². The Hall–Kier alpha value is -1.01. The van der Waals surface area contributed by atoms with E-state index in [2.05, 4.69) is 10.7 Å². The fourth-order valence-electron chi connectivity index (χ4n) is 0.395. The highest BCUT2D eigenvalue weighted by molar-refractivity contribution is 6.63. The topological polar surface area (TPSA) is 43.4 Å². The second-order valence-corrected chi connectivity index (χ2v) is 2.14. The summed E-state index contributed by atoms with van der Waals surface area (Å²) in [5, 5.41) is -0.553. The van der Waals surface area contributed by atoms with E-state index >= 15 is 0 Å². The van der Waals surface area contributed by atoms with Crippen LogP contribution in [-0.4, -0.2) is 17.8 Å². The highest BCUT2D eigenvalue weighted by Crippen LogP contribution is 1.96. The van der Waals surface area contributed by atoms with Crippen molar-refractivity contribution in [3.8, 4) is 12.3 Å². The minimum atomic E-state index is -0.553. The second-order valence-electron chi connectivity index (χ2n) is 1.72. The first kappa shape index (κ1) is 9.99. The molecule has 0 unspecified atom stereocenters. The van der Waals surface area contributed by atoms with Crippen LogP contribution in [-0.2, 0) is 14.3 Å². The van der Waals surface area contributed by atoms with Crippen LogP contribution in [0.5, 0.6) is 0 Å². The third kappa shape index (κ3) is 6.88. The normalized spacial score (nSPS) is 8.36. The van der Waals surface area contributed by atoms with Crippen LogP contribution in [0.15, 0.2) is 0 Å². The number of rotatable bonds is 4. The molecule has 0 aliphatic heterocycles. The molecule has 0 saturated carbocycles. The maximum atomic E-state index is 10.6. The summed E-state index contributed by atoms with van der Waals surface area (Å²) in [5.74, 6) is 1.62. The maximum Gasteiger partial charge on any atom is 0.307 e. The average molecular weight is 175 g/mol. The van der Waals surface area contributed by atoms with Crippen LogP contribution in [0.1, 0.15) is 12.8 Å². The number of ether oxygens (including phenoxy) is 1. The molecule has 0 atom stereocenters. The molecule has 0 aromatic carbocycles. The molecule has 0 radical (unpaired) electrons. The molecule has 0 amide bonds. The third-order valence-electron chi connectivity index (χ3n) is 0.842. The summed E-state index contributed by atoms with van der Waals surface area (Å²) in [6.45, 7) is -0.0602. The van der Waals surface area contributed by atoms with E-state index in [9.17, 15) is 9.59 Å². The van der Waals surface area contributed by atoms with E-state index in [-0.39, 0.29) is 19.4 Å². The standard InChI is InChI=1S/C7H7ClO3/c1-2-5-11-7(10)4-3-6(8)9/h1H,3-5H2. The molecule has 3 nitrogen and oxygen atoms in total. The van der Waals surface area contributed by atoms with Gasteiger partial charge in [0.15, 0.2) is 6.61 Å². The Kier molecular flexibility index (Phi) is 5.22. The number of halogens is 1. The Morgan fingerprint density at radius 2 is 2.09 bits per heavy atom.